The number of hydrogen-bond donors (Lipinski definition) is 0. The average molecular weight is 407 g/mol. The lowest BCUT2D eigenvalue weighted by Gasteiger charge is -2.29. The first-order valence-electron chi connectivity index (χ1n) is 8.54. The quantitative estimate of drug-likeness (QED) is 0.587. The molecule has 3 heterocycles. The van der Waals surface area contributed by atoms with Crippen LogP contribution in [0.3, 0.4) is 0 Å². The molecule has 0 saturated heterocycles. The van der Waals surface area contributed by atoms with Crippen LogP contribution in [0.1, 0.15) is 28.0 Å². The fourth-order valence-electron chi connectivity index (χ4n) is 3.36. The summed E-state index contributed by atoms with van der Waals surface area (Å²) in [5.41, 5.74) is -0.138. The molecule has 1 aromatic carbocycles. The second kappa shape index (κ2) is 6.94. The van der Waals surface area contributed by atoms with E-state index in [0.29, 0.717) is 23.3 Å². The topological polar surface area (TPSA) is 51.0 Å². The molecular formula is C19H14ClF3N4O. The van der Waals surface area contributed by atoms with E-state index in [4.69, 9.17) is 11.6 Å². The van der Waals surface area contributed by atoms with Crippen LogP contribution in [0.25, 0.3) is 5.82 Å². The average Bonchev–Trinajstić information content (AvgIpc) is 3.13. The van der Waals surface area contributed by atoms with Crippen molar-refractivity contribution in [2.75, 3.05) is 11.4 Å². The van der Waals surface area contributed by atoms with Crippen LogP contribution in [-0.4, -0.2) is 27.2 Å². The number of nitrogens with zero attached hydrogens (tertiary/aromatic N) is 4. The molecule has 5 nitrogen and oxygen atoms in total. The number of amides is 1. The molecule has 0 N–H and O–H groups in total. The number of carbonyl (C=O) groups excluding carboxylic acids is 1. The number of fused-ring (bicyclic) bond motifs is 1. The highest BCUT2D eigenvalue weighted by Crippen LogP contribution is 2.36. The van der Waals surface area contributed by atoms with E-state index in [1.54, 1.807) is 12.1 Å². The maximum atomic E-state index is 13.9. The predicted octanol–water partition coefficient (Wildman–Crippen LogP) is 4.53. The number of anilines is 1. The minimum Gasteiger partial charge on any atom is -0.308 e. The number of alkyl halides is 3. The molecule has 0 radical (unpaired) electrons. The highest BCUT2D eigenvalue weighted by atomic mass is 35.5. The molecule has 0 saturated carbocycles. The van der Waals surface area contributed by atoms with Crippen LogP contribution in [-0.2, 0) is 12.6 Å². The zero-order valence-corrected chi connectivity index (χ0v) is 15.2. The highest BCUT2D eigenvalue weighted by Gasteiger charge is 2.42. The first kappa shape index (κ1) is 18.5. The van der Waals surface area contributed by atoms with Crippen LogP contribution in [0, 0.1) is 0 Å². The van der Waals surface area contributed by atoms with Gasteiger partial charge in [0.05, 0.1) is 11.8 Å². The van der Waals surface area contributed by atoms with Gasteiger partial charge in [-0.1, -0.05) is 35.9 Å². The molecule has 0 aliphatic carbocycles. The van der Waals surface area contributed by atoms with Gasteiger partial charge in [0.2, 0.25) is 0 Å². The molecule has 1 aliphatic heterocycles. The fourth-order valence-corrected chi connectivity index (χ4v) is 3.52. The van der Waals surface area contributed by atoms with Gasteiger partial charge < -0.3 is 4.90 Å². The van der Waals surface area contributed by atoms with E-state index in [0.717, 1.165) is 18.2 Å². The summed E-state index contributed by atoms with van der Waals surface area (Å²) in [4.78, 5) is 18.3. The Morgan fingerprint density at radius 1 is 1.11 bits per heavy atom. The van der Waals surface area contributed by atoms with Gasteiger partial charge in [0.25, 0.3) is 5.91 Å². The van der Waals surface area contributed by atoms with Gasteiger partial charge in [-0.2, -0.15) is 18.3 Å². The maximum absolute atomic E-state index is 13.9. The smallest absolute Gasteiger partial charge is 0.308 e. The van der Waals surface area contributed by atoms with Crippen LogP contribution < -0.4 is 4.90 Å². The van der Waals surface area contributed by atoms with E-state index in [-0.39, 0.29) is 11.0 Å². The molecule has 2 aromatic heterocycles. The van der Waals surface area contributed by atoms with Crippen molar-refractivity contribution in [3.05, 3.63) is 70.6 Å². The third-order valence-corrected chi connectivity index (χ3v) is 4.75. The van der Waals surface area contributed by atoms with E-state index >= 15 is 0 Å². The van der Waals surface area contributed by atoms with Crippen molar-refractivity contribution >= 4 is 23.2 Å². The molecule has 0 unspecified atom stereocenters. The number of aryl methyl sites for hydroxylation is 1. The Balaban J connectivity index is 1.82. The van der Waals surface area contributed by atoms with E-state index in [9.17, 15) is 18.0 Å². The summed E-state index contributed by atoms with van der Waals surface area (Å²) in [6.07, 6.45) is -2.42. The SMILES string of the molecule is O=C(c1cnn(-c2cccc(Cl)n2)c1C(F)(F)F)N1CCCc2ccccc21. The second-order valence-corrected chi connectivity index (χ2v) is 6.71. The standard InChI is InChI=1S/C19H14ClF3N4O/c20-15-8-3-9-16(25-15)27-17(19(21,22)23)13(11-24-27)18(28)26-10-4-6-12-5-1-2-7-14(12)26/h1-3,5,7-9,11H,4,6,10H2. The molecular weight excluding hydrogens is 393 g/mol. The molecule has 28 heavy (non-hydrogen) atoms. The van der Waals surface area contributed by atoms with Gasteiger partial charge in [-0.3, -0.25) is 4.79 Å². The van der Waals surface area contributed by atoms with Gasteiger partial charge in [0.1, 0.15) is 5.15 Å². The Kier molecular flexibility index (Phi) is 4.58. The molecule has 1 amide bonds. The summed E-state index contributed by atoms with van der Waals surface area (Å²) in [7, 11) is 0. The van der Waals surface area contributed by atoms with Crippen molar-refractivity contribution in [3.8, 4) is 5.82 Å². The molecule has 0 fully saturated rings. The van der Waals surface area contributed by atoms with E-state index in [1.807, 2.05) is 12.1 Å². The number of hydrogen-bond acceptors (Lipinski definition) is 3. The predicted molar refractivity (Wildman–Crippen MR) is 97.8 cm³/mol. The first-order valence-corrected chi connectivity index (χ1v) is 8.92. The van der Waals surface area contributed by atoms with Crippen LogP contribution in [0.5, 0.6) is 0 Å². The van der Waals surface area contributed by atoms with Crippen molar-refractivity contribution in [1.29, 1.82) is 0 Å². The van der Waals surface area contributed by atoms with Gasteiger partial charge >= 0.3 is 6.18 Å². The van der Waals surface area contributed by atoms with Gasteiger partial charge in [-0.25, -0.2) is 9.67 Å². The highest BCUT2D eigenvalue weighted by molar-refractivity contribution is 6.29. The number of para-hydroxylation sites is 1. The number of rotatable bonds is 2. The van der Waals surface area contributed by atoms with Crippen LogP contribution >= 0.6 is 11.6 Å². The lowest BCUT2D eigenvalue weighted by molar-refractivity contribution is -0.143. The van der Waals surface area contributed by atoms with Crippen molar-refractivity contribution in [2.45, 2.75) is 19.0 Å². The summed E-state index contributed by atoms with van der Waals surface area (Å²) in [5, 5.41) is 3.82. The molecule has 0 bridgehead atoms. The normalized spacial score (nSPS) is 14.1. The summed E-state index contributed by atoms with van der Waals surface area (Å²) in [5.74, 6) is -0.856. The Morgan fingerprint density at radius 3 is 2.64 bits per heavy atom. The first-order chi connectivity index (χ1) is 13.4. The second-order valence-electron chi connectivity index (χ2n) is 6.32. The van der Waals surface area contributed by atoms with Crippen molar-refractivity contribution in [1.82, 2.24) is 14.8 Å². The van der Waals surface area contributed by atoms with E-state index < -0.39 is 23.3 Å². The number of benzene rings is 1. The van der Waals surface area contributed by atoms with Gasteiger partial charge in [-0.05, 0) is 36.6 Å². The van der Waals surface area contributed by atoms with Gasteiger partial charge in [0, 0.05) is 12.2 Å². The minimum atomic E-state index is -4.80. The Morgan fingerprint density at radius 2 is 1.89 bits per heavy atom. The summed E-state index contributed by atoms with van der Waals surface area (Å²) in [6.45, 7) is 0.341. The largest absolute Gasteiger partial charge is 0.434 e. The molecule has 4 rings (SSSR count). The van der Waals surface area contributed by atoms with Crippen molar-refractivity contribution in [2.24, 2.45) is 0 Å². The minimum absolute atomic E-state index is 0.0268. The molecule has 0 atom stereocenters. The van der Waals surface area contributed by atoms with E-state index in [2.05, 4.69) is 10.1 Å². The monoisotopic (exact) mass is 406 g/mol. The number of halogens is 4. The molecule has 1 aliphatic rings. The Labute approximate surface area is 163 Å². The third-order valence-electron chi connectivity index (χ3n) is 4.54. The molecule has 144 valence electrons. The summed E-state index contributed by atoms with van der Waals surface area (Å²) in [6, 6.07) is 11.5. The van der Waals surface area contributed by atoms with Gasteiger partial charge in [-0.15, -0.1) is 0 Å². The molecule has 3 aromatic rings. The lowest BCUT2D eigenvalue weighted by Crippen LogP contribution is -2.36. The van der Waals surface area contributed by atoms with Crippen molar-refractivity contribution in [3.63, 3.8) is 0 Å². The maximum Gasteiger partial charge on any atom is 0.434 e. The van der Waals surface area contributed by atoms with Gasteiger partial charge in [0.15, 0.2) is 11.5 Å². The fraction of sp³-hybridized carbons (Fsp3) is 0.211. The summed E-state index contributed by atoms with van der Waals surface area (Å²) >= 11 is 5.80. The summed E-state index contributed by atoms with van der Waals surface area (Å²) < 4.78 is 42.2. The molecule has 0 spiro atoms. The third kappa shape index (κ3) is 3.24. The lowest BCUT2D eigenvalue weighted by atomic mass is 10.0. The zero-order valence-electron chi connectivity index (χ0n) is 14.4. The van der Waals surface area contributed by atoms with Crippen LogP contribution in [0.4, 0.5) is 18.9 Å². The van der Waals surface area contributed by atoms with Crippen LogP contribution in [0.15, 0.2) is 48.7 Å². The Hall–Kier alpha value is -2.87. The van der Waals surface area contributed by atoms with Crippen molar-refractivity contribution < 1.29 is 18.0 Å². The number of pyridine rings is 1. The number of aromatic nitrogens is 3. The zero-order chi connectivity index (χ0) is 19.9. The van der Waals surface area contributed by atoms with Crippen LogP contribution in [0.2, 0.25) is 5.15 Å². The van der Waals surface area contributed by atoms with E-state index in [1.165, 1.54) is 23.1 Å². The Bertz CT molecular complexity index is 1050. The number of carbonyl (C=O) groups is 1. The molecule has 9 heteroatoms.